The Morgan fingerprint density at radius 1 is 0.931 bits per heavy atom. The zero-order valence-electron chi connectivity index (χ0n) is 18.1. The average molecular weight is 417 g/mol. The standard InChI is InChI=1S/C23H32N2O3S/c1-6-24(7-2)22(26)17-25(14-13-21-11-9-8-10-12-21)29(27,28)23-19(4)15-18(3)16-20(23)5/h8-12,15-16H,6-7,13-14,17H2,1-5H3. The molecule has 29 heavy (non-hydrogen) atoms. The number of nitrogens with zero attached hydrogens (tertiary/aromatic N) is 2. The first-order valence-electron chi connectivity index (χ1n) is 10.1. The van der Waals surface area contributed by atoms with Crippen molar-refractivity contribution in [3.8, 4) is 0 Å². The van der Waals surface area contributed by atoms with E-state index in [9.17, 15) is 13.2 Å². The van der Waals surface area contributed by atoms with Crippen LogP contribution in [0.4, 0.5) is 0 Å². The number of rotatable bonds is 9. The lowest BCUT2D eigenvalue weighted by molar-refractivity contribution is -0.131. The number of hydrogen-bond acceptors (Lipinski definition) is 3. The second-order valence-corrected chi connectivity index (χ2v) is 9.24. The summed E-state index contributed by atoms with van der Waals surface area (Å²) < 4.78 is 28.5. The topological polar surface area (TPSA) is 57.7 Å². The SMILES string of the molecule is CCN(CC)C(=O)CN(CCc1ccccc1)S(=O)(=O)c1c(C)cc(C)cc1C. The molecule has 5 nitrogen and oxygen atoms in total. The smallest absolute Gasteiger partial charge is 0.244 e. The molecule has 0 aliphatic rings. The summed E-state index contributed by atoms with van der Waals surface area (Å²) in [6.45, 7) is 10.6. The van der Waals surface area contributed by atoms with E-state index in [1.807, 2.05) is 77.1 Å². The van der Waals surface area contributed by atoms with Crippen LogP contribution in [-0.4, -0.2) is 49.7 Å². The van der Waals surface area contributed by atoms with E-state index in [2.05, 4.69) is 0 Å². The Morgan fingerprint density at radius 3 is 2.00 bits per heavy atom. The van der Waals surface area contributed by atoms with Crippen LogP contribution < -0.4 is 0 Å². The van der Waals surface area contributed by atoms with Gasteiger partial charge in [0.1, 0.15) is 0 Å². The second kappa shape index (κ2) is 10.0. The lowest BCUT2D eigenvalue weighted by Gasteiger charge is -2.27. The van der Waals surface area contributed by atoms with Crippen molar-refractivity contribution < 1.29 is 13.2 Å². The fourth-order valence-corrected chi connectivity index (χ4v) is 5.51. The first-order valence-corrected chi connectivity index (χ1v) is 11.5. The van der Waals surface area contributed by atoms with Crippen LogP contribution in [0.5, 0.6) is 0 Å². The molecular weight excluding hydrogens is 384 g/mol. The molecule has 2 aromatic carbocycles. The Morgan fingerprint density at radius 2 is 1.48 bits per heavy atom. The summed E-state index contributed by atoms with van der Waals surface area (Å²) in [5.74, 6) is -0.172. The van der Waals surface area contributed by atoms with Crippen LogP contribution in [0.2, 0.25) is 0 Å². The molecule has 0 bridgehead atoms. The molecule has 0 heterocycles. The van der Waals surface area contributed by atoms with E-state index in [-0.39, 0.29) is 19.0 Å². The average Bonchev–Trinajstić information content (AvgIpc) is 2.65. The number of sulfonamides is 1. The zero-order valence-corrected chi connectivity index (χ0v) is 18.9. The minimum Gasteiger partial charge on any atom is -0.342 e. The second-order valence-electron chi connectivity index (χ2n) is 7.37. The maximum Gasteiger partial charge on any atom is 0.244 e. The summed E-state index contributed by atoms with van der Waals surface area (Å²) in [5, 5.41) is 0. The van der Waals surface area contributed by atoms with E-state index in [4.69, 9.17) is 0 Å². The highest BCUT2D eigenvalue weighted by atomic mass is 32.2. The molecule has 0 saturated heterocycles. The van der Waals surface area contributed by atoms with Crippen LogP contribution in [0, 0.1) is 20.8 Å². The predicted molar refractivity (Wildman–Crippen MR) is 117 cm³/mol. The fourth-order valence-electron chi connectivity index (χ4n) is 3.71. The Balaban J connectivity index is 2.40. The van der Waals surface area contributed by atoms with Crippen molar-refractivity contribution in [2.24, 2.45) is 0 Å². The van der Waals surface area contributed by atoms with E-state index in [1.165, 1.54) is 4.31 Å². The third-order valence-electron chi connectivity index (χ3n) is 5.12. The van der Waals surface area contributed by atoms with E-state index in [0.29, 0.717) is 35.5 Å². The van der Waals surface area contributed by atoms with Crippen molar-refractivity contribution in [2.45, 2.75) is 45.9 Å². The van der Waals surface area contributed by atoms with Crippen molar-refractivity contribution in [3.63, 3.8) is 0 Å². The van der Waals surface area contributed by atoms with Gasteiger partial charge in [-0.1, -0.05) is 48.0 Å². The van der Waals surface area contributed by atoms with Crippen molar-refractivity contribution >= 4 is 15.9 Å². The summed E-state index contributed by atoms with van der Waals surface area (Å²) >= 11 is 0. The summed E-state index contributed by atoms with van der Waals surface area (Å²) in [6.07, 6.45) is 0.551. The van der Waals surface area contributed by atoms with E-state index >= 15 is 0 Å². The fraction of sp³-hybridized carbons (Fsp3) is 0.435. The first kappa shape index (κ1) is 23.1. The number of hydrogen-bond donors (Lipinski definition) is 0. The van der Waals surface area contributed by atoms with Gasteiger partial charge in [-0.25, -0.2) is 8.42 Å². The van der Waals surface area contributed by atoms with Gasteiger partial charge in [0, 0.05) is 19.6 Å². The van der Waals surface area contributed by atoms with Gasteiger partial charge in [0.15, 0.2) is 0 Å². The first-order chi connectivity index (χ1) is 13.7. The number of likely N-dealkylation sites (N-methyl/N-ethyl adjacent to an activating group) is 1. The van der Waals surface area contributed by atoms with Gasteiger partial charge in [0.25, 0.3) is 0 Å². The van der Waals surface area contributed by atoms with Gasteiger partial charge in [-0.3, -0.25) is 4.79 Å². The molecule has 0 spiro atoms. The van der Waals surface area contributed by atoms with Gasteiger partial charge in [0.2, 0.25) is 15.9 Å². The predicted octanol–water partition coefficient (Wildman–Crippen LogP) is 3.71. The molecule has 158 valence electrons. The monoisotopic (exact) mass is 416 g/mol. The molecule has 6 heteroatoms. The summed E-state index contributed by atoms with van der Waals surface area (Å²) in [4.78, 5) is 14.7. The molecule has 0 unspecified atom stereocenters. The van der Waals surface area contributed by atoms with Crippen LogP contribution >= 0.6 is 0 Å². The highest BCUT2D eigenvalue weighted by Gasteiger charge is 2.30. The van der Waals surface area contributed by atoms with Crippen LogP contribution in [-0.2, 0) is 21.2 Å². The normalized spacial score (nSPS) is 11.7. The zero-order chi connectivity index (χ0) is 21.6. The lowest BCUT2D eigenvalue weighted by atomic mass is 10.1. The Kier molecular flexibility index (Phi) is 7.99. The van der Waals surface area contributed by atoms with E-state index < -0.39 is 10.0 Å². The number of aryl methyl sites for hydroxylation is 3. The summed E-state index contributed by atoms with van der Waals surface area (Å²) in [7, 11) is -3.81. The number of benzene rings is 2. The molecule has 1 amide bonds. The highest BCUT2D eigenvalue weighted by molar-refractivity contribution is 7.89. The molecule has 0 fully saturated rings. The minimum atomic E-state index is -3.81. The Bertz CT molecular complexity index is 913. The Labute approximate surface area is 175 Å². The van der Waals surface area contributed by atoms with Crippen molar-refractivity contribution in [2.75, 3.05) is 26.2 Å². The molecule has 0 radical (unpaired) electrons. The van der Waals surface area contributed by atoms with Gasteiger partial charge < -0.3 is 4.90 Å². The molecule has 2 rings (SSSR count). The number of amides is 1. The third-order valence-corrected chi connectivity index (χ3v) is 7.27. The van der Waals surface area contributed by atoms with Gasteiger partial charge in [-0.2, -0.15) is 4.31 Å². The molecule has 0 N–H and O–H groups in total. The van der Waals surface area contributed by atoms with Gasteiger partial charge in [-0.05, 0) is 57.7 Å². The molecular formula is C23H32N2O3S. The summed E-state index contributed by atoms with van der Waals surface area (Å²) in [6, 6.07) is 13.5. The molecule has 0 aliphatic carbocycles. The highest BCUT2D eigenvalue weighted by Crippen LogP contribution is 2.25. The third kappa shape index (κ3) is 5.67. The maximum atomic E-state index is 13.6. The number of carbonyl (C=O) groups is 1. The molecule has 2 aromatic rings. The lowest BCUT2D eigenvalue weighted by Crippen LogP contribution is -2.43. The van der Waals surface area contributed by atoms with Crippen LogP contribution in [0.1, 0.15) is 36.1 Å². The van der Waals surface area contributed by atoms with Crippen LogP contribution in [0.3, 0.4) is 0 Å². The van der Waals surface area contributed by atoms with Gasteiger partial charge >= 0.3 is 0 Å². The van der Waals surface area contributed by atoms with Crippen molar-refractivity contribution in [3.05, 3.63) is 64.7 Å². The molecule has 0 saturated carbocycles. The number of carbonyl (C=O) groups excluding carboxylic acids is 1. The molecule has 0 atom stereocenters. The quantitative estimate of drug-likeness (QED) is 0.626. The largest absolute Gasteiger partial charge is 0.342 e. The Hall–Kier alpha value is -2.18. The van der Waals surface area contributed by atoms with Crippen LogP contribution in [0.25, 0.3) is 0 Å². The molecule has 0 aromatic heterocycles. The van der Waals surface area contributed by atoms with Crippen LogP contribution in [0.15, 0.2) is 47.4 Å². The summed E-state index contributed by atoms with van der Waals surface area (Å²) in [5.41, 5.74) is 3.49. The van der Waals surface area contributed by atoms with Crippen molar-refractivity contribution in [1.82, 2.24) is 9.21 Å². The minimum absolute atomic E-state index is 0.149. The molecule has 0 aliphatic heterocycles. The maximum absolute atomic E-state index is 13.6. The van der Waals surface area contributed by atoms with E-state index in [0.717, 1.165) is 11.1 Å². The van der Waals surface area contributed by atoms with Crippen molar-refractivity contribution in [1.29, 1.82) is 0 Å². The van der Waals surface area contributed by atoms with Gasteiger partial charge in [-0.15, -0.1) is 0 Å². The van der Waals surface area contributed by atoms with E-state index in [1.54, 1.807) is 4.90 Å². The van der Waals surface area contributed by atoms with Gasteiger partial charge in [0.05, 0.1) is 11.4 Å².